The first-order valence-electron chi connectivity index (χ1n) is 4.46. The molecule has 5 nitrogen and oxygen atoms in total. The summed E-state index contributed by atoms with van der Waals surface area (Å²) in [6.07, 6.45) is 1.21. The van der Waals surface area contributed by atoms with Gasteiger partial charge in [-0.05, 0) is 20.9 Å². The standard InChI is InChI=1S/C8H15N3O2S2/c1-8(2,15(4,12)13)7-11-10-6(14-7)5-9-3/h9H,5H2,1-4H3. The van der Waals surface area contributed by atoms with Gasteiger partial charge in [0.2, 0.25) is 0 Å². The van der Waals surface area contributed by atoms with Gasteiger partial charge in [-0.15, -0.1) is 10.2 Å². The van der Waals surface area contributed by atoms with Crippen LogP contribution in [0.15, 0.2) is 0 Å². The third-order valence-electron chi connectivity index (χ3n) is 2.24. The molecular formula is C8H15N3O2S2. The van der Waals surface area contributed by atoms with Crippen molar-refractivity contribution in [2.75, 3.05) is 13.3 Å². The predicted octanol–water partition coefficient (Wildman–Crippen LogP) is 0.537. The third-order valence-corrected chi connectivity index (χ3v) is 5.66. The lowest BCUT2D eigenvalue weighted by atomic mass is 10.2. The molecule has 0 saturated carbocycles. The van der Waals surface area contributed by atoms with Crippen LogP contribution in [0, 0.1) is 0 Å². The summed E-state index contributed by atoms with van der Waals surface area (Å²) in [5.41, 5.74) is 0. The SMILES string of the molecule is CNCc1nnc(C(C)(C)S(C)(=O)=O)s1. The van der Waals surface area contributed by atoms with E-state index in [1.54, 1.807) is 13.8 Å². The molecule has 1 rings (SSSR count). The van der Waals surface area contributed by atoms with Crippen LogP contribution in [-0.2, 0) is 21.1 Å². The first-order valence-corrected chi connectivity index (χ1v) is 7.17. The molecule has 0 aromatic carbocycles. The zero-order chi connectivity index (χ0) is 11.7. The highest BCUT2D eigenvalue weighted by Crippen LogP contribution is 2.30. The molecule has 0 aliphatic rings. The molecule has 0 bridgehead atoms. The van der Waals surface area contributed by atoms with E-state index in [-0.39, 0.29) is 0 Å². The van der Waals surface area contributed by atoms with E-state index in [1.165, 1.54) is 17.6 Å². The molecule has 0 unspecified atom stereocenters. The van der Waals surface area contributed by atoms with E-state index < -0.39 is 14.6 Å². The maximum absolute atomic E-state index is 11.5. The van der Waals surface area contributed by atoms with Crippen LogP contribution in [0.25, 0.3) is 0 Å². The van der Waals surface area contributed by atoms with Crippen molar-refractivity contribution in [3.63, 3.8) is 0 Å². The Hall–Kier alpha value is -0.530. The smallest absolute Gasteiger partial charge is 0.159 e. The third kappa shape index (κ3) is 2.53. The second-order valence-electron chi connectivity index (χ2n) is 3.81. The summed E-state index contributed by atoms with van der Waals surface area (Å²) in [4.78, 5) is 0. The average Bonchev–Trinajstić information content (AvgIpc) is 2.51. The molecule has 0 atom stereocenters. The van der Waals surface area contributed by atoms with E-state index in [1.807, 2.05) is 7.05 Å². The lowest BCUT2D eigenvalue weighted by molar-refractivity contribution is 0.558. The van der Waals surface area contributed by atoms with E-state index >= 15 is 0 Å². The van der Waals surface area contributed by atoms with Gasteiger partial charge in [-0.25, -0.2) is 8.42 Å². The quantitative estimate of drug-likeness (QED) is 0.843. The minimum atomic E-state index is -3.17. The van der Waals surface area contributed by atoms with Gasteiger partial charge in [0, 0.05) is 12.8 Å². The van der Waals surface area contributed by atoms with E-state index in [2.05, 4.69) is 15.5 Å². The summed E-state index contributed by atoms with van der Waals surface area (Å²) in [7, 11) is -1.36. The number of nitrogens with one attached hydrogen (secondary N) is 1. The molecule has 0 radical (unpaired) electrons. The summed E-state index contributed by atoms with van der Waals surface area (Å²) in [5.74, 6) is 0. The molecule has 0 amide bonds. The minimum absolute atomic E-state index is 0.537. The van der Waals surface area contributed by atoms with Gasteiger partial charge in [0.1, 0.15) is 14.8 Å². The molecule has 1 aromatic heterocycles. The second-order valence-corrected chi connectivity index (χ2v) is 7.44. The molecule has 0 aliphatic carbocycles. The van der Waals surface area contributed by atoms with Gasteiger partial charge in [-0.3, -0.25) is 0 Å². The van der Waals surface area contributed by atoms with Crippen molar-refractivity contribution < 1.29 is 8.42 Å². The van der Waals surface area contributed by atoms with Crippen molar-refractivity contribution >= 4 is 21.2 Å². The first kappa shape index (κ1) is 12.5. The number of aromatic nitrogens is 2. The highest BCUT2D eigenvalue weighted by Gasteiger charge is 2.35. The summed E-state index contributed by atoms with van der Waals surface area (Å²) in [6, 6.07) is 0. The number of nitrogens with zero attached hydrogens (tertiary/aromatic N) is 2. The van der Waals surface area contributed by atoms with Crippen LogP contribution in [-0.4, -0.2) is 31.9 Å². The van der Waals surface area contributed by atoms with E-state index in [0.717, 1.165) is 5.01 Å². The number of sulfone groups is 1. The number of rotatable bonds is 4. The molecule has 1 heterocycles. The van der Waals surface area contributed by atoms with Crippen molar-refractivity contribution in [3.8, 4) is 0 Å². The Morgan fingerprint density at radius 1 is 1.40 bits per heavy atom. The monoisotopic (exact) mass is 249 g/mol. The van der Waals surface area contributed by atoms with Gasteiger partial charge in [0.15, 0.2) is 9.84 Å². The normalized spacial score (nSPS) is 13.1. The van der Waals surface area contributed by atoms with E-state index in [0.29, 0.717) is 11.6 Å². The van der Waals surface area contributed by atoms with Crippen LogP contribution >= 0.6 is 11.3 Å². The number of hydrogen-bond donors (Lipinski definition) is 1. The Bertz CT molecular complexity index is 436. The van der Waals surface area contributed by atoms with Crippen LogP contribution in [0.4, 0.5) is 0 Å². The number of hydrogen-bond acceptors (Lipinski definition) is 6. The topological polar surface area (TPSA) is 72.0 Å². The molecule has 1 aromatic rings. The van der Waals surface area contributed by atoms with Gasteiger partial charge >= 0.3 is 0 Å². The van der Waals surface area contributed by atoms with Crippen molar-refractivity contribution in [1.82, 2.24) is 15.5 Å². The Kier molecular flexibility index (Phi) is 3.47. The van der Waals surface area contributed by atoms with Gasteiger partial charge in [0.05, 0.1) is 0 Å². The lowest BCUT2D eigenvalue weighted by Gasteiger charge is -2.18. The van der Waals surface area contributed by atoms with Gasteiger partial charge in [-0.1, -0.05) is 11.3 Å². The van der Waals surface area contributed by atoms with Crippen molar-refractivity contribution in [2.45, 2.75) is 25.1 Å². The van der Waals surface area contributed by atoms with Crippen LogP contribution in [0.3, 0.4) is 0 Å². The first-order chi connectivity index (χ1) is 6.79. The lowest BCUT2D eigenvalue weighted by Crippen LogP contribution is -2.27. The molecule has 0 aliphatic heterocycles. The second kappa shape index (κ2) is 4.15. The van der Waals surface area contributed by atoms with E-state index in [9.17, 15) is 8.42 Å². The highest BCUT2D eigenvalue weighted by atomic mass is 32.2. The fraction of sp³-hybridized carbons (Fsp3) is 0.750. The maximum atomic E-state index is 11.5. The van der Waals surface area contributed by atoms with Crippen LogP contribution < -0.4 is 5.32 Å². The molecule has 0 spiro atoms. The molecule has 15 heavy (non-hydrogen) atoms. The summed E-state index contributed by atoms with van der Waals surface area (Å²) in [6.45, 7) is 3.90. The van der Waals surface area contributed by atoms with Crippen LogP contribution in [0.1, 0.15) is 23.9 Å². The molecular weight excluding hydrogens is 234 g/mol. The predicted molar refractivity (Wildman–Crippen MR) is 60.5 cm³/mol. The molecule has 86 valence electrons. The van der Waals surface area contributed by atoms with Crippen LogP contribution in [0.5, 0.6) is 0 Å². The Morgan fingerprint density at radius 3 is 2.47 bits per heavy atom. The van der Waals surface area contributed by atoms with Gasteiger partial charge < -0.3 is 5.32 Å². The van der Waals surface area contributed by atoms with Gasteiger partial charge in [0.25, 0.3) is 0 Å². The van der Waals surface area contributed by atoms with Crippen LogP contribution in [0.2, 0.25) is 0 Å². The molecule has 0 fully saturated rings. The zero-order valence-electron chi connectivity index (χ0n) is 9.23. The summed E-state index contributed by atoms with van der Waals surface area (Å²) in [5, 5.41) is 12.1. The summed E-state index contributed by atoms with van der Waals surface area (Å²) < 4.78 is 22.1. The van der Waals surface area contributed by atoms with Gasteiger partial charge in [-0.2, -0.15) is 0 Å². The Labute approximate surface area is 93.8 Å². The Morgan fingerprint density at radius 2 is 2.00 bits per heavy atom. The fourth-order valence-electron chi connectivity index (χ4n) is 0.878. The average molecular weight is 249 g/mol. The fourth-order valence-corrected chi connectivity index (χ4v) is 2.66. The maximum Gasteiger partial charge on any atom is 0.159 e. The van der Waals surface area contributed by atoms with Crippen molar-refractivity contribution in [1.29, 1.82) is 0 Å². The van der Waals surface area contributed by atoms with Crippen molar-refractivity contribution in [3.05, 3.63) is 10.0 Å². The zero-order valence-corrected chi connectivity index (χ0v) is 10.9. The molecule has 7 heteroatoms. The molecule has 1 N–H and O–H groups in total. The minimum Gasteiger partial charge on any atom is -0.313 e. The van der Waals surface area contributed by atoms with Crippen molar-refractivity contribution in [2.24, 2.45) is 0 Å². The largest absolute Gasteiger partial charge is 0.313 e. The Balaban J connectivity index is 3.06. The van der Waals surface area contributed by atoms with E-state index in [4.69, 9.17) is 0 Å². The highest BCUT2D eigenvalue weighted by molar-refractivity contribution is 7.91. The summed E-state index contributed by atoms with van der Waals surface area (Å²) >= 11 is 1.33. The molecule has 0 saturated heterocycles.